The summed E-state index contributed by atoms with van der Waals surface area (Å²) in [5, 5.41) is 5.45. The summed E-state index contributed by atoms with van der Waals surface area (Å²) >= 11 is 0. The molecule has 16 nitrogen and oxygen atoms in total. The van der Waals surface area contributed by atoms with E-state index in [0.29, 0.717) is 43.2 Å². The Hall–Kier alpha value is -4.86. The Balaban J connectivity index is 1.20. The number of piperidine rings is 2. The van der Waals surface area contributed by atoms with Gasteiger partial charge in [-0.2, -0.15) is 0 Å². The van der Waals surface area contributed by atoms with Gasteiger partial charge >= 0.3 is 6.09 Å². The number of ketones is 1. The lowest BCUT2D eigenvalue weighted by Crippen LogP contribution is -2.63. The molecule has 4 amide bonds. The number of likely N-dealkylation sites (N-methyl/N-ethyl adjacent to an activating group) is 1. The molecule has 55 heavy (non-hydrogen) atoms. The van der Waals surface area contributed by atoms with Gasteiger partial charge < -0.3 is 51.0 Å². The van der Waals surface area contributed by atoms with E-state index in [0.717, 1.165) is 31.6 Å². The summed E-state index contributed by atoms with van der Waals surface area (Å²) in [5.41, 5.74) is 13.0. The van der Waals surface area contributed by atoms with Crippen molar-refractivity contribution in [1.29, 1.82) is 0 Å². The average Bonchev–Trinajstić information content (AvgIpc) is 3.51. The van der Waals surface area contributed by atoms with Gasteiger partial charge in [-0.05, 0) is 82.2 Å². The number of amides is 4. The van der Waals surface area contributed by atoms with Gasteiger partial charge in [-0.1, -0.05) is 6.07 Å². The highest BCUT2D eigenvalue weighted by atomic mass is 16.6. The number of carbonyl (C=O) groups excluding carboxylic acids is 5. The van der Waals surface area contributed by atoms with E-state index in [1.54, 1.807) is 31.0 Å². The number of benzene rings is 1. The van der Waals surface area contributed by atoms with Crippen molar-refractivity contribution >= 4 is 35.6 Å². The standard InChI is InChI=1S/C39H56N8O8/c1-22(48)43-21-27(49)18-24(7-6-14-42-37(40)41)35(50)44-20-26-17-25(36(51)45(2)3)12-15-47(26)38(52)54-31-11-9-28-29-19-23-8-10-30(53-5)33-32(23)39(28,34(31)55-33)13-16-46(29)4/h8,10-11,24-26,28-29,34H,6-7,9,12-21H2,1-5H3,(H,43,48)(H,44,50)(H4,40,41,42)/t24-,25?,26?,28?,29-,34-,39+/m1/s1. The molecule has 1 aromatic carbocycles. The Morgan fingerprint density at radius 3 is 2.64 bits per heavy atom. The fraction of sp³-hybridized carbons (Fsp3) is 0.641. The Bertz CT molecular complexity index is 1740. The van der Waals surface area contributed by atoms with Gasteiger partial charge in [0.2, 0.25) is 17.7 Å². The molecule has 7 atom stereocenters. The van der Waals surface area contributed by atoms with E-state index in [-0.39, 0.29) is 79.3 Å². The lowest BCUT2D eigenvalue weighted by molar-refractivity contribution is -0.135. The maximum Gasteiger partial charge on any atom is 0.415 e. The molecule has 1 aromatic rings. The first-order chi connectivity index (χ1) is 26.2. The second-order valence-corrected chi connectivity index (χ2v) is 15.8. The van der Waals surface area contributed by atoms with Crippen molar-refractivity contribution in [2.45, 2.75) is 81.9 Å². The minimum atomic E-state index is -0.727. The molecule has 2 aliphatic carbocycles. The fourth-order valence-electron chi connectivity index (χ4n) is 9.60. The molecule has 3 aliphatic heterocycles. The number of ether oxygens (including phenoxy) is 3. The minimum Gasteiger partial charge on any atom is -0.493 e. The highest BCUT2D eigenvalue weighted by molar-refractivity contribution is 5.90. The van der Waals surface area contributed by atoms with E-state index in [1.165, 1.54) is 18.1 Å². The zero-order valence-corrected chi connectivity index (χ0v) is 32.6. The van der Waals surface area contributed by atoms with Crippen LogP contribution in [0, 0.1) is 17.8 Å². The molecule has 300 valence electrons. The van der Waals surface area contributed by atoms with Crippen LogP contribution in [0.5, 0.6) is 11.5 Å². The Morgan fingerprint density at radius 2 is 1.93 bits per heavy atom. The third-order valence-corrected chi connectivity index (χ3v) is 12.3. The summed E-state index contributed by atoms with van der Waals surface area (Å²) in [6.45, 7) is 2.58. The molecule has 6 N–H and O–H groups in total. The van der Waals surface area contributed by atoms with Crippen molar-refractivity contribution < 1.29 is 38.2 Å². The first-order valence-electron chi connectivity index (χ1n) is 19.3. The van der Waals surface area contributed by atoms with Crippen LogP contribution in [0.3, 0.4) is 0 Å². The molecule has 5 aliphatic rings. The Kier molecular flexibility index (Phi) is 11.9. The molecule has 3 unspecified atom stereocenters. The van der Waals surface area contributed by atoms with Crippen LogP contribution in [0.25, 0.3) is 0 Å². The first-order valence-corrected chi connectivity index (χ1v) is 19.3. The maximum absolute atomic E-state index is 14.3. The zero-order valence-electron chi connectivity index (χ0n) is 32.6. The van der Waals surface area contributed by atoms with Gasteiger partial charge in [0.15, 0.2) is 29.3 Å². The SMILES string of the molecule is COc1ccc2c3c1O[C@@H]1C(OC(=O)N4CCC(C(=O)N(C)C)CC4CNC(=O)[C@H](CCCN=C(N)N)CC(=O)CNC(C)=O)=CCC4[C@@H](C2)N(C)CC[C@@]341. The second kappa shape index (κ2) is 16.5. The molecule has 0 saturated carbocycles. The van der Waals surface area contributed by atoms with Crippen LogP contribution in [-0.2, 0) is 35.8 Å². The van der Waals surface area contributed by atoms with Crippen LogP contribution in [0.2, 0.25) is 0 Å². The van der Waals surface area contributed by atoms with Gasteiger partial charge in [0.1, 0.15) is 5.76 Å². The van der Waals surface area contributed by atoms with Gasteiger partial charge in [0.05, 0.1) is 19.7 Å². The molecule has 16 heteroatoms. The number of rotatable bonds is 14. The highest BCUT2D eigenvalue weighted by Gasteiger charge is 2.65. The largest absolute Gasteiger partial charge is 0.493 e. The van der Waals surface area contributed by atoms with Gasteiger partial charge in [-0.15, -0.1) is 0 Å². The number of allylic oxidation sites excluding steroid dienone is 1. The molecule has 0 radical (unpaired) electrons. The number of methoxy groups -OCH3 is 1. The summed E-state index contributed by atoms with van der Waals surface area (Å²) in [6, 6.07) is 3.86. The number of Topliss-reactive ketones (excluding diaryl/α,β-unsaturated/α-hetero) is 1. The number of hydrogen-bond acceptors (Lipinski definition) is 10. The van der Waals surface area contributed by atoms with Crippen LogP contribution in [0.1, 0.15) is 63.0 Å². The maximum atomic E-state index is 14.3. The van der Waals surface area contributed by atoms with Crippen molar-refractivity contribution in [1.82, 2.24) is 25.3 Å². The van der Waals surface area contributed by atoms with Gasteiger partial charge in [0, 0.05) is 75.9 Å². The molecule has 0 aromatic heterocycles. The van der Waals surface area contributed by atoms with E-state index in [1.807, 2.05) is 12.1 Å². The summed E-state index contributed by atoms with van der Waals surface area (Å²) in [5.74, 6) is -0.0814. The predicted molar refractivity (Wildman–Crippen MR) is 203 cm³/mol. The van der Waals surface area contributed by atoms with E-state index in [4.69, 9.17) is 25.7 Å². The molecular formula is C39H56N8O8. The number of hydrogen-bond donors (Lipinski definition) is 4. The highest BCUT2D eigenvalue weighted by Crippen LogP contribution is 2.63. The molecule has 6 rings (SSSR count). The third-order valence-electron chi connectivity index (χ3n) is 12.3. The van der Waals surface area contributed by atoms with Crippen molar-refractivity contribution in [3.05, 3.63) is 35.1 Å². The fourth-order valence-corrected chi connectivity index (χ4v) is 9.60. The lowest BCUT2D eigenvalue weighted by Gasteiger charge is -2.56. The summed E-state index contributed by atoms with van der Waals surface area (Å²) in [4.78, 5) is 74.8. The average molecular weight is 765 g/mol. The van der Waals surface area contributed by atoms with Gasteiger partial charge in [-0.3, -0.25) is 24.2 Å². The molecule has 1 spiro atoms. The van der Waals surface area contributed by atoms with Crippen LogP contribution in [-0.4, -0.2) is 129 Å². The molecule has 2 fully saturated rings. The number of aliphatic imine (C=N–C) groups is 1. The number of nitrogens with one attached hydrogen (secondary N) is 2. The minimum absolute atomic E-state index is 0.0421. The van der Waals surface area contributed by atoms with Crippen molar-refractivity contribution in [3.8, 4) is 11.5 Å². The predicted octanol–water partition coefficient (Wildman–Crippen LogP) is 1.04. The number of nitrogens with zero attached hydrogens (tertiary/aromatic N) is 4. The van der Waals surface area contributed by atoms with Gasteiger partial charge in [-0.25, -0.2) is 4.79 Å². The zero-order chi connectivity index (χ0) is 39.6. The number of likely N-dealkylation sites (tertiary alicyclic amines) is 2. The van der Waals surface area contributed by atoms with Gasteiger partial charge in [0.25, 0.3) is 0 Å². The summed E-state index contributed by atoms with van der Waals surface area (Å²) < 4.78 is 18.9. The van der Waals surface area contributed by atoms with Crippen LogP contribution in [0.15, 0.2) is 29.0 Å². The van der Waals surface area contributed by atoms with Crippen LogP contribution in [0.4, 0.5) is 4.79 Å². The number of carbonyl (C=O) groups is 5. The number of guanidine groups is 1. The topological polar surface area (TPSA) is 211 Å². The normalized spacial score (nSPS) is 26.7. The molecule has 2 bridgehead atoms. The smallest absolute Gasteiger partial charge is 0.415 e. The summed E-state index contributed by atoms with van der Waals surface area (Å²) in [7, 11) is 7.22. The monoisotopic (exact) mass is 764 g/mol. The molecular weight excluding hydrogens is 708 g/mol. The van der Waals surface area contributed by atoms with E-state index in [2.05, 4.69) is 33.6 Å². The third kappa shape index (κ3) is 7.96. The molecule has 2 saturated heterocycles. The first kappa shape index (κ1) is 39.8. The van der Waals surface area contributed by atoms with Crippen LogP contribution >= 0.6 is 0 Å². The van der Waals surface area contributed by atoms with Crippen molar-refractivity contribution in [2.24, 2.45) is 34.2 Å². The quantitative estimate of drug-likeness (QED) is 0.120. The Labute approximate surface area is 322 Å². The molecule has 3 heterocycles. The number of nitrogens with two attached hydrogens (primary N) is 2. The van der Waals surface area contributed by atoms with E-state index in [9.17, 15) is 24.0 Å². The lowest BCUT2D eigenvalue weighted by atomic mass is 9.53. The van der Waals surface area contributed by atoms with E-state index < -0.39 is 24.2 Å². The van der Waals surface area contributed by atoms with E-state index >= 15 is 0 Å². The second-order valence-electron chi connectivity index (χ2n) is 15.8. The van der Waals surface area contributed by atoms with Crippen molar-refractivity contribution in [3.63, 3.8) is 0 Å². The van der Waals surface area contributed by atoms with Crippen molar-refractivity contribution in [2.75, 3.05) is 61.0 Å². The van der Waals surface area contributed by atoms with Crippen LogP contribution < -0.4 is 31.6 Å². The summed E-state index contributed by atoms with van der Waals surface area (Å²) in [6.07, 6.45) is 4.85. The Morgan fingerprint density at radius 1 is 1.15 bits per heavy atom.